The number of hydrogen-bond acceptors (Lipinski definition) is 6. The van der Waals surface area contributed by atoms with Gasteiger partial charge < -0.3 is 9.64 Å². The summed E-state index contributed by atoms with van der Waals surface area (Å²) in [5, 5.41) is 12.5. The van der Waals surface area contributed by atoms with Crippen LogP contribution in [-0.4, -0.2) is 42.4 Å². The summed E-state index contributed by atoms with van der Waals surface area (Å²) in [5.41, 5.74) is 1.74. The van der Waals surface area contributed by atoms with Gasteiger partial charge in [0.15, 0.2) is 0 Å². The molecule has 0 radical (unpaired) electrons. The maximum Gasteiger partial charge on any atom is 0.257 e. The standard InChI is InChI=1S/C17H22N4O2S/c1-2-3-4-15-19-20-17(24-15)18-16(22)13-5-7-14(8-6-13)21-9-11-23-12-10-21/h5-8H,2-4,9-12H2,1H3,(H,18,20,22). The van der Waals surface area contributed by atoms with Gasteiger partial charge >= 0.3 is 0 Å². The molecular formula is C17H22N4O2S. The van der Waals surface area contributed by atoms with Gasteiger partial charge in [0.05, 0.1) is 13.2 Å². The summed E-state index contributed by atoms with van der Waals surface area (Å²) < 4.78 is 5.36. The fourth-order valence-electron chi connectivity index (χ4n) is 2.55. The largest absolute Gasteiger partial charge is 0.378 e. The topological polar surface area (TPSA) is 67.4 Å². The molecule has 7 heteroatoms. The molecule has 2 heterocycles. The molecule has 3 rings (SSSR count). The lowest BCUT2D eigenvalue weighted by atomic mass is 10.2. The van der Waals surface area contributed by atoms with Crippen LogP contribution < -0.4 is 10.2 Å². The zero-order valence-electron chi connectivity index (χ0n) is 13.8. The molecule has 0 bridgehead atoms. The van der Waals surface area contributed by atoms with E-state index in [1.165, 1.54) is 11.3 Å². The van der Waals surface area contributed by atoms with Crippen molar-refractivity contribution in [2.45, 2.75) is 26.2 Å². The van der Waals surface area contributed by atoms with E-state index in [-0.39, 0.29) is 5.91 Å². The highest BCUT2D eigenvalue weighted by Gasteiger charge is 2.13. The number of ether oxygens (including phenoxy) is 1. The quantitative estimate of drug-likeness (QED) is 0.871. The third kappa shape index (κ3) is 4.30. The molecule has 2 aromatic rings. The first-order chi connectivity index (χ1) is 11.8. The number of unbranched alkanes of at least 4 members (excludes halogenated alkanes) is 1. The molecule has 0 aliphatic carbocycles. The van der Waals surface area contributed by atoms with E-state index in [4.69, 9.17) is 4.74 Å². The van der Waals surface area contributed by atoms with Crippen LogP contribution in [0.4, 0.5) is 10.8 Å². The zero-order chi connectivity index (χ0) is 16.8. The van der Waals surface area contributed by atoms with Crippen LogP contribution in [0.1, 0.15) is 35.1 Å². The van der Waals surface area contributed by atoms with E-state index in [0.29, 0.717) is 10.7 Å². The van der Waals surface area contributed by atoms with Gasteiger partial charge in [0, 0.05) is 30.8 Å². The number of anilines is 2. The third-order valence-corrected chi connectivity index (χ3v) is 4.84. The van der Waals surface area contributed by atoms with Crippen LogP contribution in [-0.2, 0) is 11.2 Å². The van der Waals surface area contributed by atoms with Crippen molar-refractivity contribution in [1.82, 2.24) is 10.2 Å². The van der Waals surface area contributed by atoms with Gasteiger partial charge in [0.2, 0.25) is 5.13 Å². The van der Waals surface area contributed by atoms with Gasteiger partial charge in [-0.15, -0.1) is 10.2 Å². The second-order valence-electron chi connectivity index (χ2n) is 5.70. The second kappa shape index (κ2) is 8.21. The number of aryl methyl sites for hydroxylation is 1. The zero-order valence-corrected chi connectivity index (χ0v) is 14.6. The Kier molecular flexibility index (Phi) is 5.77. The molecule has 24 heavy (non-hydrogen) atoms. The lowest BCUT2D eigenvalue weighted by Gasteiger charge is -2.28. The van der Waals surface area contributed by atoms with Crippen LogP contribution in [0.2, 0.25) is 0 Å². The number of rotatable bonds is 6. The third-order valence-electron chi connectivity index (χ3n) is 3.94. The predicted octanol–water partition coefficient (Wildman–Crippen LogP) is 2.97. The lowest BCUT2D eigenvalue weighted by Crippen LogP contribution is -2.36. The Hall–Kier alpha value is -1.99. The van der Waals surface area contributed by atoms with Crippen molar-refractivity contribution >= 4 is 28.1 Å². The highest BCUT2D eigenvalue weighted by atomic mass is 32.1. The van der Waals surface area contributed by atoms with Crippen LogP contribution in [0, 0.1) is 0 Å². The molecule has 128 valence electrons. The minimum Gasteiger partial charge on any atom is -0.378 e. The minimum absolute atomic E-state index is 0.151. The summed E-state index contributed by atoms with van der Waals surface area (Å²) in [5.74, 6) is -0.151. The molecule has 0 atom stereocenters. The molecule has 1 aliphatic heterocycles. The highest BCUT2D eigenvalue weighted by Crippen LogP contribution is 2.20. The molecule has 1 saturated heterocycles. The van der Waals surface area contributed by atoms with Gasteiger partial charge in [-0.05, 0) is 30.7 Å². The number of nitrogens with one attached hydrogen (secondary N) is 1. The molecule has 1 amide bonds. The van der Waals surface area contributed by atoms with E-state index >= 15 is 0 Å². The summed E-state index contributed by atoms with van der Waals surface area (Å²) in [6.45, 7) is 5.41. The number of carbonyl (C=O) groups excluding carboxylic acids is 1. The minimum atomic E-state index is -0.151. The Morgan fingerprint density at radius 1 is 1.25 bits per heavy atom. The molecular weight excluding hydrogens is 324 g/mol. The molecule has 0 spiro atoms. The van der Waals surface area contributed by atoms with Crippen LogP contribution >= 0.6 is 11.3 Å². The molecule has 0 saturated carbocycles. The SMILES string of the molecule is CCCCc1nnc(NC(=O)c2ccc(N3CCOCC3)cc2)s1. The fraction of sp³-hybridized carbons (Fsp3) is 0.471. The van der Waals surface area contributed by atoms with E-state index < -0.39 is 0 Å². The molecule has 1 fully saturated rings. The first-order valence-electron chi connectivity index (χ1n) is 8.33. The Bertz CT molecular complexity index is 665. The summed E-state index contributed by atoms with van der Waals surface area (Å²) >= 11 is 1.45. The van der Waals surface area contributed by atoms with Crippen LogP contribution in [0.25, 0.3) is 0 Å². The second-order valence-corrected chi connectivity index (χ2v) is 6.77. The number of nitrogens with zero attached hydrogens (tertiary/aromatic N) is 3. The van der Waals surface area contributed by atoms with E-state index in [9.17, 15) is 4.79 Å². The Morgan fingerprint density at radius 3 is 2.71 bits per heavy atom. The molecule has 1 aromatic carbocycles. The lowest BCUT2D eigenvalue weighted by molar-refractivity contribution is 0.102. The Morgan fingerprint density at radius 2 is 2.00 bits per heavy atom. The average Bonchev–Trinajstić information content (AvgIpc) is 3.08. The van der Waals surface area contributed by atoms with Crippen molar-refractivity contribution in [1.29, 1.82) is 0 Å². The number of aromatic nitrogens is 2. The summed E-state index contributed by atoms with van der Waals surface area (Å²) in [6.07, 6.45) is 3.13. The van der Waals surface area contributed by atoms with E-state index in [0.717, 1.165) is 56.3 Å². The highest BCUT2D eigenvalue weighted by molar-refractivity contribution is 7.15. The number of carbonyl (C=O) groups is 1. The van der Waals surface area contributed by atoms with Crippen LogP contribution in [0.15, 0.2) is 24.3 Å². The average molecular weight is 346 g/mol. The Labute approximate surface area is 145 Å². The maximum absolute atomic E-state index is 12.3. The fourth-order valence-corrected chi connectivity index (χ4v) is 3.32. The monoisotopic (exact) mass is 346 g/mol. The molecule has 0 unspecified atom stereocenters. The van der Waals surface area contributed by atoms with Gasteiger partial charge in [-0.3, -0.25) is 10.1 Å². The smallest absolute Gasteiger partial charge is 0.257 e. The van der Waals surface area contributed by atoms with Crippen molar-refractivity contribution in [2.75, 3.05) is 36.5 Å². The van der Waals surface area contributed by atoms with Crippen molar-refractivity contribution < 1.29 is 9.53 Å². The number of benzene rings is 1. The first kappa shape index (κ1) is 16.9. The molecule has 1 aliphatic rings. The van der Waals surface area contributed by atoms with Crippen molar-refractivity contribution in [2.24, 2.45) is 0 Å². The summed E-state index contributed by atoms with van der Waals surface area (Å²) in [6, 6.07) is 7.65. The summed E-state index contributed by atoms with van der Waals surface area (Å²) in [4.78, 5) is 14.6. The molecule has 1 aromatic heterocycles. The van der Waals surface area contributed by atoms with Crippen LogP contribution in [0.3, 0.4) is 0 Å². The maximum atomic E-state index is 12.3. The van der Waals surface area contributed by atoms with Gasteiger partial charge in [0.1, 0.15) is 5.01 Å². The predicted molar refractivity (Wildman–Crippen MR) is 95.9 cm³/mol. The number of hydrogen-bond donors (Lipinski definition) is 1. The van der Waals surface area contributed by atoms with Gasteiger partial charge in [0.25, 0.3) is 5.91 Å². The molecule has 1 N–H and O–H groups in total. The molecule has 6 nitrogen and oxygen atoms in total. The van der Waals surface area contributed by atoms with Crippen molar-refractivity contribution in [3.8, 4) is 0 Å². The van der Waals surface area contributed by atoms with E-state index in [1.54, 1.807) is 0 Å². The summed E-state index contributed by atoms with van der Waals surface area (Å²) in [7, 11) is 0. The Balaban J connectivity index is 1.59. The number of morpholine rings is 1. The first-order valence-corrected chi connectivity index (χ1v) is 9.14. The van der Waals surface area contributed by atoms with Gasteiger partial charge in [-0.1, -0.05) is 24.7 Å². The van der Waals surface area contributed by atoms with Crippen molar-refractivity contribution in [3.05, 3.63) is 34.8 Å². The van der Waals surface area contributed by atoms with E-state index in [1.807, 2.05) is 24.3 Å². The van der Waals surface area contributed by atoms with Gasteiger partial charge in [-0.25, -0.2) is 0 Å². The van der Waals surface area contributed by atoms with Crippen LogP contribution in [0.5, 0.6) is 0 Å². The van der Waals surface area contributed by atoms with E-state index in [2.05, 4.69) is 27.3 Å². The normalized spacial score (nSPS) is 14.6. The number of amides is 1. The van der Waals surface area contributed by atoms with Gasteiger partial charge in [-0.2, -0.15) is 0 Å². The van der Waals surface area contributed by atoms with Crippen molar-refractivity contribution in [3.63, 3.8) is 0 Å².